The molecule has 0 aliphatic heterocycles. The van der Waals surface area contributed by atoms with Gasteiger partial charge < -0.3 is 13.2 Å². The first-order valence-corrected chi connectivity index (χ1v) is 0.642. The SMILES string of the molecule is [CH-]=C=C.[CH3-].[Pd+2]. The van der Waals surface area contributed by atoms with E-state index in [4.69, 9.17) is 0 Å². The summed E-state index contributed by atoms with van der Waals surface area (Å²) in [5.41, 5.74) is 2.00. The molecule has 0 bridgehead atoms. The molecule has 32 valence electrons. The molecule has 0 rings (SSSR count). The van der Waals surface area contributed by atoms with Crippen molar-refractivity contribution in [3.63, 3.8) is 0 Å². The van der Waals surface area contributed by atoms with Crippen molar-refractivity contribution in [1.29, 1.82) is 0 Å². The summed E-state index contributed by atoms with van der Waals surface area (Å²) >= 11 is 0. The molecule has 0 nitrogen and oxygen atoms in total. The largest absolute Gasteiger partial charge is 2.00 e. The monoisotopic (exact) mass is 160 g/mol. The molecule has 0 fully saturated rings. The van der Waals surface area contributed by atoms with E-state index in [0.717, 1.165) is 0 Å². The van der Waals surface area contributed by atoms with Crippen LogP contribution < -0.4 is 0 Å². The summed E-state index contributed by atoms with van der Waals surface area (Å²) in [6.45, 7) is 7.50. The van der Waals surface area contributed by atoms with Gasteiger partial charge in [-0.05, 0) is 0 Å². The van der Waals surface area contributed by atoms with E-state index in [9.17, 15) is 0 Å². The van der Waals surface area contributed by atoms with Crippen LogP contribution in [0.15, 0.2) is 12.3 Å². The first-order chi connectivity index (χ1) is 1.41. The van der Waals surface area contributed by atoms with Crippen molar-refractivity contribution >= 4 is 0 Å². The minimum Gasteiger partial charge on any atom is -0.358 e. The van der Waals surface area contributed by atoms with E-state index >= 15 is 0 Å². The molecule has 0 aliphatic carbocycles. The maximum absolute atomic E-state index is 4.49. The minimum absolute atomic E-state index is 0. The van der Waals surface area contributed by atoms with E-state index in [2.05, 4.69) is 13.2 Å². The maximum atomic E-state index is 4.49. The third-order valence-corrected chi connectivity index (χ3v) is 0. The molecule has 0 aromatic carbocycles. The predicted molar refractivity (Wildman–Crippen MR) is 19.9 cm³/mol. The molecule has 0 unspecified atom stereocenters. The van der Waals surface area contributed by atoms with Gasteiger partial charge >= 0.3 is 20.4 Å². The van der Waals surface area contributed by atoms with Gasteiger partial charge in [0, 0.05) is 0 Å². The van der Waals surface area contributed by atoms with Crippen molar-refractivity contribution in [2.45, 2.75) is 0 Å². The zero-order valence-electron chi connectivity index (χ0n) is 3.10. The zero-order valence-corrected chi connectivity index (χ0v) is 4.66. The molecule has 0 atom stereocenters. The molecule has 0 saturated carbocycles. The fraction of sp³-hybridized carbons (Fsp3) is 0. The number of rotatable bonds is 0. The Bertz CT molecular complexity index is 24.6. The summed E-state index contributed by atoms with van der Waals surface area (Å²) in [4.78, 5) is 0. The van der Waals surface area contributed by atoms with Crippen LogP contribution in [0.1, 0.15) is 0 Å². The van der Waals surface area contributed by atoms with Crippen molar-refractivity contribution in [2.24, 2.45) is 0 Å². The molecule has 1 heteroatoms. The Kier molecular flexibility index (Phi) is 115. The van der Waals surface area contributed by atoms with E-state index in [1.807, 2.05) is 5.73 Å². The summed E-state index contributed by atoms with van der Waals surface area (Å²) in [5.74, 6) is 0. The Labute approximate surface area is 47.2 Å². The molecule has 0 spiro atoms. The van der Waals surface area contributed by atoms with Crippen LogP contribution in [0.25, 0.3) is 0 Å². The van der Waals surface area contributed by atoms with Gasteiger partial charge in [-0.15, -0.1) is 0 Å². The van der Waals surface area contributed by atoms with Gasteiger partial charge in [0.1, 0.15) is 0 Å². The van der Waals surface area contributed by atoms with E-state index in [1.165, 1.54) is 0 Å². The normalized spacial score (nSPS) is 1.60. The Hall–Kier alpha value is 0.182. The van der Waals surface area contributed by atoms with E-state index in [0.29, 0.717) is 0 Å². The molecule has 0 aromatic heterocycles. The van der Waals surface area contributed by atoms with Crippen LogP contribution >= 0.6 is 0 Å². The molecular weight excluding hydrogens is 154 g/mol. The Morgan fingerprint density at radius 1 is 1.60 bits per heavy atom. The molecule has 0 amide bonds. The van der Waals surface area contributed by atoms with Gasteiger partial charge in [-0.25, -0.2) is 13.2 Å². The number of hydrogen-bond acceptors (Lipinski definition) is 0. The summed E-state index contributed by atoms with van der Waals surface area (Å²) in [5, 5.41) is 0. The standard InChI is InChI=1S/C3H3.CH3.Pd/c1-3-2;;/h1H,2H2;1H3;/q2*-1;+2. The van der Waals surface area contributed by atoms with Gasteiger partial charge in [0.2, 0.25) is 0 Å². The van der Waals surface area contributed by atoms with Crippen molar-refractivity contribution in [3.05, 3.63) is 26.3 Å². The topological polar surface area (TPSA) is 0 Å². The average Bonchev–Trinajstić information content (AvgIpc) is 0.918. The van der Waals surface area contributed by atoms with Gasteiger partial charge in [0.15, 0.2) is 0 Å². The van der Waals surface area contributed by atoms with Crippen LogP contribution in [0.4, 0.5) is 0 Å². The molecule has 5 heavy (non-hydrogen) atoms. The average molecular weight is 161 g/mol. The first kappa shape index (κ1) is 19.0. The third kappa shape index (κ3) is 599. The molecule has 0 aromatic rings. The van der Waals surface area contributed by atoms with Crippen LogP contribution in [0.3, 0.4) is 0 Å². The first-order valence-electron chi connectivity index (χ1n) is 0.642. The van der Waals surface area contributed by atoms with Gasteiger partial charge in [-0.2, -0.15) is 0 Å². The van der Waals surface area contributed by atoms with Crippen molar-refractivity contribution in [3.8, 4) is 0 Å². The summed E-state index contributed by atoms with van der Waals surface area (Å²) in [6.07, 6.45) is 0. The van der Waals surface area contributed by atoms with Crippen LogP contribution in [-0.4, -0.2) is 0 Å². The van der Waals surface area contributed by atoms with Crippen molar-refractivity contribution in [1.82, 2.24) is 0 Å². The van der Waals surface area contributed by atoms with E-state index in [-0.39, 0.29) is 27.8 Å². The van der Waals surface area contributed by atoms with Gasteiger partial charge in [-0.3, -0.25) is 0 Å². The van der Waals surface area contributed by atoms with Crippen LogP contribution in [0, 0.1) is 14.0 Å². The smallest absolute Gasteiger partial charge is 0.358 e. The molecular formula is C4H6Pd. The second-order valence-corrected chi connectivity index (χ2v) is 0.204. The molecule has 0 heterocycles. The number of hydrogen-bond donors (Lipinski definition) is 0. The van der Waals surface area contributed by atoms with E-state index < -0.39 is 0 Å². The molecule has 0 radical (unpaired) electrons. The predicted octanol–water partition coefficient (Wildman–Crippen LogP) is 1.21. The second-order valence-electron chi connectivity index (χ2n) is 0.204. The van der Waals surface area contributed by atoms with Crippen LogP contribution in [-0.2, 0) is 20.4 Å². The fourth-order valence-corrected chi connectivity index (χ4v) is 0. The van der Waals surface area contributed by atoms with Crippen LogP contribution in [0.2, 0.25) is 0 Å². The summed E-state index contributed by atoms with van der Waals surface area (Å²) in [7, 11) is 0. The Morgan fingerprint density at radius 3 is 1.60 bits per heavy atom. The van der Waals surface area contributed by atoms with Crippen molar-refractivity contribution in [2.75, 3.05) is 0 Å². The second kappa shape index (κ2) is 30.3. The van der Waals surface area contributed by atoms with Crippen molar-refractivity contribution < 1.29 is 20.4 Å². The molecule has 0 N–H and O–H groups in total. The third-order valence-electron chi connectivity index (χ3n) is 0. The maximum Gasteiger partial charge on any atom is 2.00 e. The minimum atomic E-state index is 0. The van der Waals surface area contributed by atoms with Gasteiger partial charge in [-0.1, -0.05) is 0 Å². The van der Waals surface area contributed by atoms with Gasteiger partial charge in [0.25, 0.3) is 0 Å². The van der Waals surface area contributed by atoms with Gasteiger partial charge in [0.05, 0.1) is 0 Å². The van der Waals surface area contributed by atoms with Crippen LogP contribution in [0.5, 0.6) is 0 Å². The zero-order chi connectivity index (χ0) is 2.71. The summed E-state index contributed by atoms with van der Waals surface area (Å²) < 4.78 is 0. The quantitative estimate of drug-likeness (QED) is 0.284. The molecule has 0 aliphatic rings. The summed E-state index contributed by atoms with van der Waals surface area (Å²) in [6, 6.07) is 0. The Balaban J connectivity index is -0.0000000200. The molecule has 0 saturated heterocycles. The fourth-order valence-electron chi connectivity index (χ4n) is 0. The van der Waals surface area contributed by atoms with E-state index in [1.54, 1.807) is 0 Å². The Morgan fingerprint density at radius 2 is 1.60 bits per heavy atom.